The lowest BCUT2D eigenvalue weighted by atomic mass is 9.91. The van der Waals surface area contributed by atoms with Crippen LogP contribution in [0.5, 0.6) is 5.75 Å². The van der Waals surface area contributed by atoms with Gasteiger partial charge in [0.25, 0.3) is 0 Å². The Morgan fingerprint density at radius 2 is 1.54 bits per heavy atom. The van der Waals surface area contributed by atoms with Crippen molar-refractivity contribution >= 4 is 24.6 Å². The van der Waals surface area contributed by atoms with E-state index in [-0.39, 0.29) is 17.1 Å². The summed E-state index contributed by atoms with van der Waals surface area (Å²) in [6, 6.07) is 24.5. The molecule has 0 aromatic heterocycles. The zero-order valence-electron chi connectivity index (χ0n) is 22.2. The molecule has 10 heteroatoms. The van der Waals surface area contributed by atoms with Gasteiger partial charge in [-0.1, -0.05) is 54.6 Å². The maximum Gasteiger partial charge on any atom is 0.356 e. The van der Waals surface area contributed by atoms with Gasteiger partial charge in [0, 0.05) is 18.3 Å². The number of aromatic hydroxyl groups is 1. The van der Waals surface area contributed by atoms with E-state index < -0.39 is 31.6 Å². The molecule has 3 atom stereocenters. The van der Waals surface area contributed by atoms with E-state index in [4.69, 9.17) is 0 Å². The molecule has 0 aliphatic carbocycles. The van der Waals surface area contributed by atoms with Crippen molar-refractivity contribution in [3.63, 3.8) is 0 Å². The molecular formula is C31H30FN2O6P. The summed E-state index contributed by atoms with van der Waals surface area (Å²) >= 11 is 0. The number of para-hydroxylation sites is 1. The summed E-state index contributed by atoms with van der Waals surface area (Å²) in [4.78, 5) is 35.6. The van der Waals surface area contributed by atoms with Crippen LogP contribution in [0.3, 0.4) is 0 Å². The Labute approximate surface area is 237 Å². The number of phenols is 1. The van der Waals surface area contributed by atoms with E-state index in [0.29, 0.717) is 40.8 Å². The second kappa shape index (κ2) is 11.5. The molecule has 0 bridgehead atoms. The molecular weight excluding hydrogens is 546 g/mol. The summed E-state index contributed by atoms with van der Waals surface area (Å²) in [6.07, 6.45) is -0.157. The molecule has 5 rings (SSSR count). The molecule has 4 aromatic carbocycles. The minimum Gasteiger partial charge on any atom is -0.508 e. The fourth-order valence-electron chi connectivity index (χ4n) is 5.37. The number of carbonyl (C=O) groups excluding carboxylic acids is 1. The third-order valence-electron chi connectivity index (χ3n) is 7.56. The number of benzene rings is 4. The van der Waals surface area contributed by atoms with Gasteiger partial charge >= 0.3 is 13.6 Å². The minimum atomic E-state index is -4.38. The maximum atomic E-state index is 13.6. The zero-order valence-corrected chi connectivity index (χ0v) is 23.1. The number of phenolic OH excluding ortho intramolecular Hbond substituents is 1. The molecule has 212 valence electrons. The van der Waals surface area contributed by atoms with E-state index in [1.807, 2.05) is 30.3 Å². The lowest BCUT2D eigenvalue weighted by molar-refractivity contribution is 0.148. The second-order valence-corrected chi connectivity index (χ2v) is 11.7. The number of aliphatic hydroxyl groups excluding tert-OH is 1. The SMILES string of the molecule is CN1C(=O)N(c2ccccc2)[C@H](c2ccc(-c3ccc(P(=O)(O)O)cc3)cc2O)[C@H]1CC[C@H](O)c1ccc(F)cc1. The fourth-order valence-corrected chi connectivity index (χ4v) is 5.91. The van der Waals surface area contributed by atoms with E-state index in [0.717, 1.165) is 0 Å². The Bertz CT molecular complexity index is 1580. The van der Waals surface area contributed by atoms with Crippen LogP contribution in [-0.4, -0.2) is 44.0 Å². The summed E-state index contributed by atoms with van der Waals surface area (Å²) in [6.45, 7) is 0. The van der Waals surface area contributed by atoms with Gasteiger partial charge in [0.1, 0.15) is 11.6 Å². The Kier molecular flexibility index (Phi) is 7.98. The number of aliphatic hydroxyl groups is 1. The van der Waals surface area contributed by atoms with Crippen LogP contribution in [0, 0.1) is 5.82 Å². The molecule has 1 aliphatic heterocycles. The monoisotopic (exact) mass is 576 g/mol. The molecule has 0 unspecified atom stereocenters. The molecule has 4 N–H and O–H groups in total. The lowest BCUT2D eigenvalue weighted by Crippen LogP contribution is -2.31. The first kappa shape index (κ1) is 28.5. The predicted molar refractivity (Wildman–Crippen MR) is 154 cm³/mol. The fraction of sp³-hybridized carbons (Fsp3) is 0.194. The van der Waals surface area contributed by atoms with Crippen LogP contribution in [0.2, 0.25) is 0 Å². The van der Waals surface area contributed by atoms with Crippen LogP contribution in [0.15, 0.2) is 97.1 Å². The average Bonchev–Trinajstić information content (AvgIpc) is 3.21. The minimum absolute atomic E-state index is 0.0420. The summed E-state index contributed by atoms with van der Waals surface area (Å²) in [7, 11) is -2.68. The molecule has 41 heavy (non-hydrogen) atoms. The van der Waals surface area contributed by atoms with Crippen molar-refractivity contribution in [2.24, 2.45) is 0 Å². The van der Waals surface area contributed by atoms with E-state index in [1.54, 1.807) is 47.2 Å². The van der Waals surface area contributed by atoms with Gasteiger partial charge in [0.05, 0.1) is 23.5 Å². The normalized spacial score (nSPS) is 18.1. The Hall–Kier alpha value is -4.01. The zero-order chi connectivity index (χ0) is 29.3. The second-order valence-electron chi connectivity index (χ2n) is 10.1. The highest BCUT2D eigenvalue weighted by Gasteiger charge is 2.46. The highest BCUT2D eigenvalue weighted by Crippen LogP contribution is 2.44. The van der Waals surface area contributed by atoms with Crippen molar-refractivity contribution in [1.82, 2.24) is 4.90 Å². The van der Waals surface area contributed by atoms with Gasteiger partial charge in [0.2, 0.25) is 0 Å². The van der Waals surface area contributed by atoms with Crippen molar-refractivity contribution < 1.29 is 33.7 Å². The number of likely N-dealkylation sites (N-methyl/N-ethyl adjacent to an activating group) is 1. The van der Waals surface area contributed by atoms with Crippen molar-refractivity contribution in [2.45, 2.75) is 31.0 Å². The number of halogens is 1. The molecule has 0 radical (unpaired) electrons. The summed E-state index contributed by atoms with van der Waals surface area (Å²) in [5.74, 6) is -0.433. The number of rotatable bonds is 8. The van der Waals surface area contributed by atoms with Crippen LogP contribution >= 0.6 is 7.60 Å². The molecule has 2 amide bonds. The molecule has 1 fully saturated rings. The maximum absolute atomic E-state index is 13.6. The molecule has 0 spiro atoms. The molecule has 1 saturated heterocycles. The number of hydrogen-bond acceptors (Lipinski definition) is 4. The summed E-state index contributed by atoms with van der Waals surface area (Å²) in [5.41, 5.74) is 3.04. The summed E-state index contributed by atoms with van der Waals surface area (Å²) < 4.78 is 24.9. The number of anilines is 1. The Morgan fingerprint density at radius 1 is 0.902 bits per heavy atom. The van der Waals surface area contributed by atoms with E-state index >= 15 is 0 Å². The van der Waals surface area contributed by atoms with E-state index in [1.165, 1.54) is 36.4 Å². The van der Waals surface area contributed by atoms with Crippen molar-refractivity contribution in [3.05, 3.63) is 114 Å². The number of urea groups is 1. The standard InChI is InChI=1S/C31H30FN2O6P/c1-33-27(17-18-28(35)21-7-12-23(32)13-8-21)30(34(31(33)37)24-5-3-2-4-6-24)26-16-11-22(19-29(26)36)20-9-14-25(15-10-20)41(38,39)40/h2-16,19,27-28,30,35-36H,17-18H2,1H3,(H2,38,39,40)/t27-,28+,30-/m1/s1. The van der Waals surface area contributed by atoms with Gasteiger partial charge in [-0.25, -0.2) is 9.18 Å². The number of amides is 2. The lowest BCUT2D eigenvalue weighted by Gasteiger charge is -2.29. The highest BCUT2D eigenvalue weighted by atomic mass is 31.2. The van der Waals surface area contributed by atoms with E-state index in [2.05, 4.69) is 0 Å². The van der Waals surface area contributed by atoms with Crippen LogP contribution in [0.1, 0.15) is 36.1 Å². The van der Waals surface area contributed by atoms with Crippen LogP contribution < -0.4 is 10.2 Å². The molecule has 1 heterocycles. The van der Waals surface area contributed by atoms with Gasteiger partial charge in [-0.05, 0) is 72.0 Å². The van der Waals surface area contributed by atoms with Crippen molar-refractivity contribution in [3.8, 4) is 16.9 Å². The molecule has 4 aromatic rings. The average molecular weight is 577 g/mol. The summed E-state index contributed by atoms with van der Waals surface area (Å²) in [5, 5.41) is 22.0. The van der Waals surface area contributed by atoms with Crippen LogP contribution in [-0.2, 0) is 4.57 Å². The predicted octanol–water partition coefficient (Wildman–Crippen LogP) is 5.50. The van der Waals surface area contributed by atoms with Crippen LogP contribution in [0.25, 0.3) is 11.1 Å². The highest BCUT2D eigenvalue weighted by molar-refractivity contribution is 7.60. The number of hydrogen-bond donors (Lipinski definition) is 4. The van der Waals surface area contributed by atoms with Gasteiger partial charge in [0.15, 0.2) is 0 Å². The smallest absolute Gasteiger partial charge is 0.356 e. The molecule has 8 nitrogen and oxygen atoms in total. The van der Waals surface area contributed by atoms with E-state index in [9.17, 15) is 33.7 Å². The quantitative estimate of drug-likeness (QED) is 0.206. The van der Waals surface area contributed by atoms with Crippen molar-refractivity contribution in [1.29, 1.82) is 0 Å². The van der Waals surface area contributed by atoms with Crippen LogP contribution in [0.4, 0.5) is 14.9 Å². The largest absolute Gasteiger partial charge is 0.508 e. The van der Waals surface area contributed by atoms with Gasteiger partial charge < -0.3 is 24.9 Å². The first-order valence-corrected chi connectivity index (χ1v) is 14.7. The number of nitrogens with zero attached hydrogens (tertiary/aromatic N) is 2. The Balaban J connectivity index is 1.48. The van der Waals surface area contributed by atoms with Crippen molar-refractivity contribution in [2.75, 3.05) is 11.9 Å². The van der Waals surface area contributed by atoms with Gasteiger partial charge in [-0.15, -0.1) is 0 Å². The third-order valence-corrected chi connectivity index (χ3v) is 8.53. The Morgan fingerprint density at radius 3 is 2.15 bits per heavy atom. The van der Waals surface area contributed by atoms with Gasteiger partial charge in [-0.3, -0.25) is 9.46 Å². The number of carbonyl (C=O) groups is 1. The topological polar surface area (TPSA) is 122 Å². The third kappa shape index (κ3) is 5.89. The molecule has 0 saturated carbocycles. The first-order valence-electron chi connectivity index (χ1n) is 13.1. The molecule has 1 aliphatic rings. The van der Waals surface area contributed by atoms with Gasteiger partial charge in [-0.2, -0.15) is 0 Å². The first-order chi connectivity index (χ1) is 19.5.